The zero-order valence-corrected chi connectivity index (χ0v) is 36.0. The SMILES string of the molecule is c1ccc2c(-c3ccc4ccccc4c3-c3ccc(N(c4ccc(-c5ccc(-c6cccc7c6oc6ccccc67)cc5)cc4)c4cc5ccccc5c5ccccc45)cc3)cccc2c1. The van der Waals surface area contributed by atoms with Gasteiger partial charge in [-0.25, -0.2) is 0 Å². The molecule has 0 amide bonds. The number of hydrogen-bond acceptors (Lipinski definition) is 2. The second-order valence-corrected chi connectivity index (χ2v) is 17.2. The summed E-state index contributed by atoms with van der Waals surface area (Å²) in [7, 11) is 0. The monoisotopic (exact) mass is 839 g/mol. The van der Waals surface area contributed by atoms with Gasteiger partial charge >= 0.3 is 0 Å². The maximum Gasteiger partial charge on any atom is 0.143 e. The summed E-state index contributed by atoms with van der Waals surface area (Å²) < 4.78 is 6.39. The number of para-hydroxylation sites is 2. The molecule has 1 aromatic heterocycles. The number of fused-ring (bicyclic) bond motifs is 8. The Hall–Kier alpha value is -8.72. The van der Waals surface area contributed by atoms with Gasteiger partial charge in [0.25, 0.3) is 0 Å². The molecule has 0 fully saturated rings. The topological polar surface area (TPSA) is 16.4 Å². The summed E-state index contributed by atoms with van der Waals surface area (Å²) in [6.07, 6.45) is 0. The summed E-state index contributed by atoms with van der Waals surface area (Å²) in [5.41, 5.74) is 14.6. The van der Waals surface area contributed by atoms with Crippen molar-refractivity contribution in [2.45, 2.75) is 0 Å². The van der Waals surface area contributed by atoms with E-state index in [0.717, 1.165) is 61.3 Å². The summed E-state index contributed by atoms with van der Waals surface area (Å²) in [5, 5.41) is 12.1. The third-order valence-electron chi connectivity index (χ3n) is 13.5. The van der Waals surface area contributed by atoms with Gasteiger partial charge in [0.2, 0.25) is 0 Å². The number of rotatable bonds is 7. The van der Waals surface area contributed by atoms with Crippen LogP contribution in [0.5, 0.6) is 0 Å². The molecule has 13 rings (SSSR count). The van der Waals surface area contributed by atoms with Crippen molar-refractivity contribution in [2.24, 2.45) is 0 Å². The number of hydrogen-bond donors (Lipinski definition) is 0. The smallest absolute Gasteiger partial charge is 0.143 e. The van der Waals surface area contributed by atoms with Crippen molar-refractivity contribution in [2.75, 3.05) is 4.90 Å². The van der Waals surface area contributed by atoms with E-state index in [-0.39, 0.29) is 0 Å². The molecule has 2 heteroatoms. The Balaban J connectivity index is 0.925. The first-order valence-corrected chi connectivity index (χ1v) is 22.7. The highest BCUT2D eigenvalue weighted by Crippen LogP contribution is 2.45. The molecule has 0 atom stereocenters. The van der Waals surface area contributed by atoms with E-state index in [1.807, 2.05) is 12.1 Å². The molecule has 0 aliphatic rings. The van der Waals surface area contributed by atoms with E-state index in [0.29, 0.717) is 0 Å². The number of benzene rings is 12. The summed E-state index contributed by atoms with van der Waals surface area (Å²) in [6, 6.07) is 90.3. The maximum atomic E-state index is 6.39. The maximum absolute atomic E-state index is 6.39. The minimum absolute atomic E-state index is 0.911. The van der Waals surface area contributed by atoms with Crippen LogP contribution in [-0.2, 0) is 0 Å². The Labute approximate surface area is 382 Å². The Bertz CT molecular complexity index is 3970. The van der Waals surface area contributed by atoms with E-state index in [4.69, 9.17) is 4.42 Å². The molecule has 13 aromatic rings. The molecule has 0 bridgehead atoms. The lowest BCUT2D eigenvalue weighted by Gasteiger charge is -2.28. The van der Waals surface area contributed by atoms with Crippen LogP contribution in [0.1, 0.15) is 0 Å². The van der Waals surface area contributed by atoms with E-state index in [1.165, 1.54) is 65.3 Å². The van der Waals surface area contributed by atoms with Gasteiger partial charge in [0.05, 0.1) is 5.69 Å². The molecule has 2 nitrogen and oxygen atoms in total. The van der Waals surface area contributed by atoms with Crippen LogP contribution in [0.15, 0.2) is 253 Å². The molecule has 0 aliphatic heterocycles. The van der Waals surface area contributed by atoms with Gasteiger partial charge < -0.3 is 9.32 Å². The van der Waals surface area contributed by atoms with Crippen molar-refractivity contribution >= 4 is 82.1 Å². The highest BCUT2D eigenvalue weighted by molar-refractivity contribution is 6.15. The summed E-state index contributed by atoms with van der Waals surface area (Å²) in [5.74, 6) is 0. The first-order chi connectivity index (χ1) is 32.7. The fourth-order valence-corrected chi connectivity index (χ4v) is 10.3. The van der Waals surface area contributed by atoms with E-state index < -0.39 is 0 Å². The molecular weight excluding hydrogens is 799 g/mol. The van der Waals surface area contributed by atoms with E-state index >= 15 is 0 Å². The normalized spacial score (nSPS) is 11.6. The van der Waals surface area contributed by atoms with Crippen molar-refractivity contribution in [3.63, 3.8) is 0 Å². The van der Waals surface area contributed by atoms with Gasteiger partial charge in [0.1, 0.15) is 11.2 Å². The minimum Gasteiger partial charge on any atom is -0.455 e. The van der Waals surface area contributed by atoms with Crippen LogP contribution in [0, 0.1) is 0 Å². The molecule has 0 spiro atoms. The van der Waals surface area contributed by atoms with Crippen LogP contribution >= 0.6 is 0 Å². The summed E-state index contributed by atoms with van der Waals surface area (Å²) in [4.78, 5) is 2.42. The average molecular weight is 840 g/mol. The Morgan fingerprint density at radius 1 is 0.273 bits per heavy atom. The van der Waals surface area contributed by atoms with Gasteiger partial charge in [-0.3, -0.25) is 0 Å². The van der Waals surface area contributed by atoms with Crippen LogP contribution in [0.2, 0.25) is 0 Å². The molecule has 12 aromatic carbocycles. The lowest BCUT2D eigenvalue weighted by Crippen LogP contribution is -2.10. The lowest BCUT2D eigenvalue weighted by atomic mass is 9.88. The summed E-state index contributed by atoms with van der Waals surface area (Å²) in [6.45, 7) is 0. The molecule has 0 saturated carbocycles. The standard InChI is InChI=1S/C64H41NO/c1-4-17-51-44(13-1)16-11-24-56(51)59-40-35-45-14-2-6-19-53(45)63(59)47-33-38-50(39-34-47)65(61-41-48-15-3-5-18-52(48)55-20-7-8-21-57(55)61)49-36-31-43(32-37-49)42-27-29-46(30-28-42)54-23-12-25-60-58-22-9-10-26-62(58)66-64(54)60/h1-41H. The predicted molar refractivity (Wildman–Crippen MR) is 280 cm³/mol. The molecule has 0 unspecified atom stereocenters. The van der Waals surface area contributed by atoms with Gasteiger partial charge in [-0.2, -0.15) is 0 Å². The first kappa shape index (κ1) is 37.8. The van der Waals surface area contributed by atoms with Gasteiger partial charge in [0, 0.05) is 33.1 Å². The zero-order chi connectivity index (χ0) is 43.6. The number of furan rings is 1. The second kappa shape index (κ2) is 15.5. The van der Waals surface area contributed by atoms with Gasteiger partial charge in [0.15, 0.2) is 0 Å². The van der Waals surface area contributed by atoms with Crippen LogP contribution in [0.4, 0.5) is 17.1 Å². The number of anilines is 3. The van der Waals surface area contributed by atoms with Gasteiger partial charge in [-0.15, -0.1) is 0 Å². The molecule has 1 heterocycles. The Kier molecular flexibility index (Phi) is 8.89. The van der Waals surface area contributed by atoms with E-state index in [2.05, 4.69) is 241 Å². The van der Waals surface area contributed by atoms with Gasteiger partial charge in [-0.05, 0) is 113 Å². The molecule has 0 aliphatic carbocycles. The predicted octanol–water partition coefficient (Wildman–Crippen LogP) is 18.3. The fraction of sp³-hybridized carbons (Fsp3) is 0. The Morgan fingerprint density at radius 3 is 1.52 bits per heavy atom. The Morgan fingerprint density at radius 2 is 0.773 bits per heavy atom. The molecule has 0 N–H and O–H groups in total. The molecule has 308 valence electrons. The molecule has 0 saturated heterocycles. The summed E-state index contributed by atoms with van der Waals surface area (Å²) >= 11 is 0. The van der Waals surface area contributed by atoms with E-state index in [1.54, 1.807) is 0 Å². The number of nitrogens with zero attached hydrogens (tertiary/aromatic N) is 1. The van der Waals surface area contributed by atoms with Crippen molar-refractivity contribution in [3.05, 3.63) is 249 Å². The molecular formula is C64H41NO. The largest absolute Gasteiger partial charge is 0.455 e. The van der Waals surface area contributed by atoms with Crippen LogP contribution in [0.3, 0.4) is 0 Å². The quantitative estimate of drug-likeness (QED) is 0.149. The highest BCUT2D eigenvalue weighted by Gasteiger charge is 2.20. The van der Waals surface area contributed by atoms with Crippen LogP contribution in [0.25, 0.3) is 110 Å². The first-order valence-electron chi connectivity index (χ1n) is 22.7. The van der Waals surface area contributed by atoms with Crippen molar-refractivity contribution in [1.82, 2.24) is 0 Å². The molecule has 0 radical (unpaired) electrons. The third-order valence-corrected chi connectivity index (χ3v) is 13.5. The zero-order valence-electron chi connectivity index (χ0n) is 36.0. The third kappa shape index (κ3) is 6.26. The minimum atomic E-state index is 0.911. The fourth-order valence-electron chi connectivity index (χ4n) is 10.3. The van der Waals surface area contributed by atoms with Crippen LogP contribution in [-0.4, -0.2) is 0 Å². The van der Waals surface area contributed by atoms with Crippen molar-refractivity contribution in [1.29, 1.82) is 0 Å². The lowest BCUT2D eigenvalue weighted by molar-refractivity contribution is 0.670. The molecule has 66 heavy (non-hydrogen) atoms. The van der Waals surface area contributed by atoms with Crippen molar-refractivity contribution in [3.8, 4) is 44.5 Å². The van der Waals surface area contributed by atoms with Gasteiger partial charge in [-0.1, -0.05) is 212 Å². The average Bonchev–Trinajstić information content (AvgIpc) is 3.78. The van der Waals surface area contributed by atoms with E-state index in [9.17, 15) is 0 Å². The highest BCUT2D eigenvalue weighted by atomic mass is 16.3. The van der Waals surface area contributed by atoms with Crippen molar-refractivity contribution < 1.29 is 4.42 Å². The second-order valence-electron chi connectivity index (χ2n) is 17.2. The van der Waals surface area contributed by atoms with Crippen LogP contribution < -0.4 is 4.90 Å².